The van der Waals surface area contributed by atoms with Crippen LogP contribution in [0.1, 0.15) is 40.0 Å². The van der Waals surface area contributed by atoms with Crippen molar-refractivity contribution in [3.63, 3.8) is 0 Å². The van der Waals surface area contributed by atoms with E-state index >= 15 is 0 Å². The largest absolute Gasteiger partial charge is 0.298 e. The van der Waals surface area contributed by atoms with E-state index in [1.54, 1.807) is 20.8 Å². The van der Waals surface area contributed by atoms with Gasteiger partial charge in [0.2, 0.25) is 0 Å². The molecule has 0 saturated carbocycles. The molecule has 0 spiro atoms. The lowest BCUT2D eigenvalue weighted by atomic mass is 10.0. The van der Waals surface area contributed by atoms with Gasteiger partial charge in [0.1, 0.15) is 11.6 Å². The monoisotopic (exact) mass is 365 g/mol. The summed E-state index contributed by atoms with van der Waals surface area (Å²) in [4.78, 5) is 38.4. The number of likely N-dealkylation sites (N-methyl/N-ethyl adjacent to an activating group) is 3. The van der Waals surface area contributed by atoms with Crippen molar-refractivity contribution in [3.05, 3.63) is 12.2 Å². The molecule has 3 rings (SSSR count). The molecule has 3 aliphatic rings. The molecule has 0 radical (unpaired) electrons. The van der Waals surface area contributed by atoms with Crippen LogP contribution >= 0.6 is 0 Å². The minimum Gasteiger partial charge on any atom is -0.298 e. The van der Waals surface area contributed by atoms with Gasteiger partial charge in [0.15, 0.2) is 5.78 Å². The van der Waals surface area contributed by atoms with Crippen molar-refractivity contribution in [1.82, 2.24) is 14.7 Å². The number of hydrogen-bond acceptors (Lipinski definition) is 6. The Morgan fingerprint density at radius 3 is 1.46 bits per heavy atom. The van der Waals surface area contributed by atoms with Crippen molar-refractivity contribution in [2.75, 3.05) is 40.8 Å². The van der Waals surface area contributed by atoms with Crippen LogP contribution in [0.15, 0.2) is 12.2 Å². The molecule has 6 nitrogen and oxygen atoms in total. The molecule has 3 unspecified atom stereocenters. The molecule has 0 aromatic rings. The van der Waals surface area contributed by atoms with Crippen LogP contribution in [0.5, 0.6) is 0 Å². The van der Waals surface area contributed by atoms with Crippen molar-refractivity contribution in [1.29, 1.82) is 0 Å². The molecule has 3 aliphatic heterocycles. The van der Waals surface area contributed by atoms with Gasteiger partial charge in [-0.3, -0.25) is 29.1 Å². The maximum absolute atomic E-state index is 10.8. The van der Waals surface area contributed by atoms with E-state index in [0.29, 0.717) is 11.6 Å². The second-order valence-corrected chi connectivity index (χ2v) is 7.57. The number of hydrogen-bond donors (Lipinski definition) is 0. The smallest absolute Gasteiger partial charge is 0.150 e. The Morgan fingerprint density at radius 1 is 0.769 bits per heavy atom. The second kappa shape index (κ2) is 10.7. The predicted octanol–water partition coefficient (Wildman–Crippen LogP) is 1.39. The molecule has 3 heterocycles. The van der Waals surface area contributed by atoms with Gasteiger partial charge in [-0.25, -0.2) is 0 Å². The molecule has 3 atom stereocenters. The van der Waals surface area contributed by atoms with E-state index < -0.39 is 0 Å². The molecular weight excluding hydrogens is 330 g/mol. The quantitative estimate of drug-likeness (QED) is 0.705. The van der Waals surface area contributed by atoms with Gasteiger partial charge >= 0.3 is 0 Å². The molecule has 0 aromatic carbocycles. The molecule has 0 N–H and O–H groups in total. The summed E-state index contributed by atoms with van der Waals surface area (Å²) in [6, 6.07) is 0.519. The first-order chi connectivity index (χ1) is 12.1. The van der Waals surface area contributed by atoms with Gasteiger partial charge in [-0.2, -0.15) is 0 Å². The minimum absolute atomic E-state index is 0.0463. The van der Waals surface area contributed by atoms with Crippen LogP contribution in [0.2, 0.25) is 0 Å². The molecule has 0 aromatic heterocycles. The number of carbonyl (C=O) groups is 3. The van der Waals surface area contributed by atoms with Crippen molar-refractivity contribution < 1.29 is 14.4 Å². The third-order valence-corrected chi connectivity index (χ3v) is 5.35. The van der Waals surface area contributed by atoms with Crippen molar-refractivity contribution in [2.45, 2.75) is 58.2 Å². The van der Waals surface area contributed by atoms with E-state index in [2.05, 4.69) is 9.80 Å². The summed E-state index contributed by atoms with van der Waals surface area (Å²) >= 11 is 0. The molecular formula is C20H35N3O3. The topological polar surface area (TPSA) is 60.9 Å². The van der Waals surface area contributed by atoms with Crippen LogP contribution in [0.4, 0.5) is 0 Å². The summed E-state index contributed by atoms with van der Waals surface area (Å²) in [6.45, 7) is 8.03. The van der Waals surface area contributed by atoms with E-state index in [1.165, 1.54) is 6.42 Å². The summed E-state index contributed by atoms with van der Waals surface area (Å²) in [5, 5.41) is 0. The fourth-order valence-corrected chi connectivity index (χ4v) is 3.52. The highest BCUT2D eigenvalue weighted by Crippen LogP contribution is 2.15. The number of Topliss-reactive ketones (excluding diaryl/α,β-unsaturated/α-hetero) is 3. The van der Waals surface area contributed by atoms with Crippen molar-refractivity contribution in [2.24, 2.45) is 0 Å². The molecule has 6 heteroatoms. The lowest BCUT2D eigenvalue weighted by Crippen LogP contribution is -2.48. The highest BCUT2D eigenvalue weighted by atomic mass is 16.1. The van der Waals surface area contributed by atoms with Gasteiger partial charge < -0.3 is 0 Å². The Kier molecular flexibility index (Phi) is 9.33. The molecule has 2 saturated heterocycles. The third kappa shape index (κ3) is 6.74. The zero-order valence-electron chi connectivity index (χ0n) is 17.2. The second-order valence-electron chi connectivity index (χ2n) is 7.57. The van der Waals surface area contributed by atoms with E-state index in [1.807, 2.05) is 38.2 Å². The molecule has 0 bridgehead atoms. The van der Waals surface area contributed by atoms with Gasteiger partial charge in [-0.05, 0) is 67.7 Å². The van der Waals surface area contributed by atoms with Crippen molar-refractivity contribution in [3.8, 4) is 0 Å². The molecule has 2 fully saturated rings. The average molecular weight is 366 g/mol. The van der Waals surface area contributed by atoms with Crippen LogP contribution in [0.3, 0.4) is 0 Å². The Labute approximate surface area is 158 Å². The van der Waals surface area contributed by atoms with E-state index in [-0.39, 0.29) is 23.9 Å². The van der Waals surface area contributed by atoms with Gasteiger partial charge in [0, 0.05) is 13.1 Å². The van der Waals surface area contributed by atoms with Crippen LogP contribution in [-0.4, -0.2) is 91.0 Å². The summed E-state index contributed by atoms with van der Waals surface area (Å²) in [5.74, 6) is 0.847. The Bertz CT molecular complexity index is 532. The summed E-state index contributed by atoms with van der Waals surface area (Å²) < 4.78 is 0. The molecule has 0 amide bonds. The first kappa shape index (κ1) is 22.7. The highest BCUT2D eigenvalue weighted by Gasteiger charge is 2.27. The average Bonchev–Trinajstić information content (AvgIpc) is 3.14. The zero-order chi connectivity index (χ0) is 19.9. The summed E-state index contributed by atoms with van der Waals surface area (Å²) in [6.07, 6.45) is 7.27. The Balaban J connectivity index is 0.000000195. The predicted molar refractivity (Wildman–Crippen MR) is 104 cm³/mol. The zero-order valence-corrected chi connectivity index (χ0v) is 17.2. The lowest BCUT2D eigenvalue weighted by molar-refractivity contribution is -0.125. The number of ketones is 3. The highest BCUT2D eigenvalue weighted by molar-refractivity contribution is 5.84. The van der Waals surface area contributed by atoms with Gasteiger partial charge in [0.05, 0.1) is 18.1 Å². The van der Waals surface area contributed by atoms with Crippen molar-refractivity contribution >= 4 is 17.3 Å². The van der Waals surface area contributed by atoms with Gasteiger partial charge in [0.25, 0.3) is 0 Å². The van der Waals surface area contributed by atoms with Gasteiger partial charge in [-0.1, -0.05) is 12.2 Å². The number of rotatable bonds is 3. The van der Waals surface area contributed by atoms with E-state index in [4.69, 9.17) is 0 Å². The summed E-state index contributed by atoms with van der Waals surface area (Å²) in [5.41, 5.74) is 0. The normalized spacial score (nSPS) is 28.5. The van der Waals surface area contributed by atoms with Crippen LogP contribution in [0.25, 0.3) is 0 Å². The third-order valence-electron chi connectivity index (χ3n) is 5.35. The number of nitrogens with zero attached hydrogens (tertiary/aromatic N) is 3. The summed E-state index contributed by atoms with van der Waals surface area (Å²) in [7, 11) is 5.95. The molecule has 148 valence electrons. The van der Waals surface area contributed by atoms with Crippen LogP contribution in [-0.2, 0) is 14.4 Å². The number of likely N-dealkylation sites (tertiary alicyclic amines) is 2. The Morgan fingerprint density at radius 2 is 1.31 bits per heavy atom. The van der Waals surface area contributed by atoms with E-state index in [0.717, 1.165) is 32.5 Å². The van der Waals surface area contributed by atoms with E-state index in [9.17, 15) is 14.4 Å². The molecule has 0 aliphatic carbocycles. The van der Waals surface area contributed by atoms with Crippen LogP contribution in [0, 0.1) is 0 Å². The first-order valence-electron chi connectivity index (χ1n) is 9.43. The number of carbonyl (C=O) groups excluding carboxylic acids is 3. The first-order valence-corrected chi connectivity index (χ1v) is 9.43. The minimum atomic E-state index is 0.0463. The maximum Gasteiger partial charge on any atom is 0.150 e. The fraction of sp³-hybridized carbons (Fsp3) is 0.750. The SMILES string of the molecule is CC(=O)C1C=CCN1C.CC(=O)C1CCCN1C.CC(=O)C1CCN1C. The van der Waals surface area contributed by atoms with Gasteiger partial charge in [-0.15, -0.1) is 0 Å². The lowest BCUT2D eigenvalue weighted by Gasteiger charge is -2.35. The Hall–Kier alpha value is -1.37. The van der Waals surface area contributed by atoms with Crippen LogP contribution < -0.4 is 0 Å². The maximum atomic E-state index is 10.8. The molecule has 26 heavy (non-hydrogen) atoms. The fourth-order valence-electron chi connectivity index (χ4n) is 3.52. The standard InChI is InChI=1S/C7H13NO.C7H11NO.C6H11NO/c2*1-6(9)7-4-3-5-8(7)2;1-5(8)6-3-4-7(6)2/h7H,3-5H2,1-2H3;3-4,7H,5H2,1-2H3;6H,3-4H2,1-2H3.